The highest BCUT2D eigenvalue weighted by Crippen LogP contribution is 2.21. The Balaban J connectivity index is 2.66. The summed E-state index contributed by atoms with van der Waals surface area (Å²) in [6, 6.07) is 6.29. The summed E-state index contributed by atoms with van der Waals surface area (Å²) in [5.74, 6) is 0. The number of benzene rings is 1. The molecule has 2 aromatic rings. The first-order valence-corrected chi connectivity index (χ1v) is 6.72. The van der Waals surface area contributed by atoms with Gasteiger partial charge in [0, 0.05) is 10.7 Å². The summed E-state index contributed by atoms with van der Waals surface area (Å²) in [6.45, 7) is 1.77. The number of hydrogen-bond acceptors (Lipinski definition) is 4. The Morgan fingerprint density at radius 1 is 1.31 bits per heavy atom. The van der Waals surface area contributed by atoms with Gasteiger partial charge in [0.15, 0.2) is 0 Å². The van der Waals surface area contributed by atoms with Crippen LogP contribution in [0.4, 0.5) is 0 Å². The van der Waals surface area contributed by atoms with Gasteiger partial charge >= 0.3 is 0 Å². The number of para-hydroxylation sites is 1. The third kappa shape index (κ3) is 2.07. The lowest BCUT2D eigenvalue weighted by Crippen LogP contribution is -2.05. The molecule has 1 aromatic heterocycles. The molecule has 0 aliphatic rings. The van der Waals surface area contributed by atoms with E-state index < -0.39 is 9.05 Å². The fourth-order valence-corrected chi connectivity index (χ4v) is 2.32. The van der Waals surface area contributed by atoms with Gasteiger partial charge < -0.3 is 0 Å². The third-order valence-electron chi connectivity index (χ3n) is 1.95. The molecule has 0 amide bonds. The van der Waals surface area contributed by atoms with E-state index in [1.165, 1.54) is 17.1 Å². The number of nitrogens with zero attached hydrogens (tertiary/aromatic N) is 3. The Morgan fingerprint density at radius 2 is 2.00 bits per heavy atom. The average molecular weight is 258 g/mol. The third-order valence-corrected chi connectivity index (χ3v) is 3.32. The van der Waals surface area contributed by atoms with Crippen molar-refractivity contribution in [1.29, 1.82) is 0 Å². The lowest BCUT2D eigenvalue weighted by atomic mass is 10.3. The monoisotopic (exact) mass is 257 g/mol. The van der Waals surface area contributed by atoms with Crippen LogP contribution in [0, 0.1) is 6.92 Å². The Kier molecular flexibility index (Phi) is 2.69. The molecule has 84 valence electrons. The zero-order chi connectivity index (χ0) is 11.8. The minimum atomic E-state index is -3.80. The molecule has 0 fully saturated rings. The lowest BCUT2D eigenvalue weighted by molar-refractivity contribution is 0.607. The summed E-state index contributed by atoms with van der Waals surface area (Å²) in [5.41, 5.74) is 1.03. The van der Waals surface area contributed by atoms with Gasteiger partial charge in [-0.05, 0) is 19.1 Å². The maximum Gasteiger partial charge on any atom is 0.263 e. The van der Waals surface area contributed by atoms with Crippen LogP contribution in [0.25, 0.3) is 5.69 Å². The van der Waals surface area contributed by atoms with E-state index in [9.17, 15) is 8.42 Å². The molecule has 0 atom stereocenters. The van der Waals surface area contributed by atoms with Gasteiger partial charge in [-0.25, -0.2) is 8.42 Å². The molecule has 0 bridgehead atoms. The predicted octanol–water partition coefficient (Wildman–Crippen LogP) is 1.50. The number of aromatic nitrogens is 3. The van der Waals surface area contributed by atoms with Crippen molar-refractivity contribution in [3.05, 3.63) is 36.2 Å². The highest BCUT2D eigenvalue weighted by molar-refractivity contribution is 8.13. The van der Waals surface area contributed by atoms with E-state index in [0.717, 1.165) is 0 Å². The molecule has 0 unspecified atom stereocenters. The van der Waals surface area contributed by atoms with Crippen LogP contribution in [0.15, 0.2) is 35.4 Å². The molecule has 0 aliphatic carbocycles. The van der Waals surface area contributed by atoms with Gasteiger partial charge in [0.05, 0.1) is 11.9 Å². The van der Waals surface area contributed by atoms with Crippen LogP contribution in [0.1, 0.15) is 5.69 Å². The van der Waals surface area contributed by atoms with Crippen molar-refractivity contribution < 1.29 is 8.42 Å². The quantitative estimate of drug-likeness (QED) is 0.765. The van der Waals surface area contributed by atoms with Crippen LogP contribution in [-0.4, -0.2) is 23.4 Å². The minimum Gasteiger partial charge on any atom is -0.207 e. The molecule has 5 nitrogen and oxygen atoms in total. The van der Waals surface area contributed by atoms with Crippen LogP contribution in [0.3, 0.4) is 0 Å². The molecule has 2 rings (SSSR count). The second-order valence-corrected chi connectivity index (χ2v) is 5.72. The predicted molar refractivity (Wildman–Crippen MR) is 59.1 cm³/mol. The second-order valence-electron chi connectivity index (χ2n) is 3.18. The highest BCUT2D eigenvalue weighted by Gasteiger charge is 2.17. The number of hydrogen-bond donors (Lipinski definition) is 0. The summed E-state index contributed by atoms with van der Waals surface area (Å²) in [5, 5.41) is 7.98. The molecule has 16 heavy (non-hydrogen) atoms. The first-order chi connectivity index (χ1) is 7.48. The van der Waals surface area contributed by atoms with Gasteiger partial charge in [0.25, 0.3) is 9.05 Å². The van der Waals surface area contributed by atoms with E-state index in [1.54, 1.807) is 25.1 Å². The Hall–Kier alpha value is -1.40. The number of halogens is 1. The van der Waals surface area contributed by atoms with Crippen LogP contribution in [-0.2, 0) is 9.05 Å². The molecule has 0 radical (unpaired) electrons. The molecule has 1 heterocycles. The van der Waals surface area contributed by atoms with Gasteiger partial charge in [-0.1, -0.05) is 12.1 Å². The molecular formula is C9H8ClN3O2S. The number of aryl methyl sites for hydroxylation is 1. The molecule has 7 heteroatoms. The van der Waals surface area contributed by atoms with E-state index in [2.05, 4.69) is 10.2 Å². The van der Waals surface area contributed by atoms with Crippen molar-refractivity contribution in [2.24, 2.45) is 0 Å². The standard InChI is InChI=1S/C9H8ClN3O2S/c1-7-6-11-13(12-7)8-4-2-3-5-9(8)16(10,14)15/h2-6H,1H3. The Morgan fingerprint density at radius 3 is 2.56 bits per heavy atom. The van der Waals surface area contributed by atoms with Crippen molar-refractivity contribution >= 4 is 19.7 Å². The van der Waals surface area contributed by atoms with E-state index in [0.29, 0.717) is 11.4 Å². The zero-order valence-corrected chi connectivity index (χ0v) is 9.90. The Bertz CT molecular complexity index is 621. The topological polar surface area (TPSA) is 64.8 Å². The minimum absolute atomic E-state index is 0.00716. The van der Waals surface area contributed by atoms with E-state index in [-0.39, 0.29) is 4.90 Å². The lowest BCUT2D eigenvalue weighted by Gasteiger charge is -2.04. The molecule has 0 N–H and O–H groups in total. The Labute approximate surface area is 97.1 Å². The van der Waals surface area contributed by atoms with Gasteiger partial charge in [-0.2, -0.15) is 10.2 Å². The second kappa shape index (κ2) is 3.88. The van der Waals surface area contributed by atoms with Gasteiger partial charge in [-0.3, -0.25) is 0 Å². The van der Waals surface area contributed by atoms with Crippen molar-refractivity contribution in [3.63, 3.8) is 0 Å². The summed E-state index contributed by atoms with van der Waals surface area (Å²) in [6.07, 6.45) is 1.54. The van der Waals surface area contributed by atoms with E-state index in [4.69, 9.17) is 10.7 Å². The number of rotatable bonds is 2. The van der Waals surface area contributed by atoms with E-state index in [1.807, 2.05) is 0 Å². The van der Waals surface area contributed by atoms with Crippen LogP contribution in [0.5, 0.6) is 0 Å². The molecule has 1 aromatic carbocycles. The summed E-state index contributed by atoms with van der Waals surface area (Å²) >= 11 is 0. The molecular weight excluding hydrogens is 250 g/mol. The maximum atomic E-state index is 11.3. The molecule has 0 saturated carbocycles. The van der Waals surface area contributed by atoms with Crippen LogP contribution < -0.4 is 0 Å². The van der Waals surface area contributed by atoms with Crippen molar-refractivity contribution in [2.45, 2.75) is 11.8 Å². The van der Waals surface area contributed by atoms with Gasteiger partial charge in [0.1, 0.15) is 10.6 Å². The van der Waals surface area contributed by atoms with Gasteiger partial charge in [-0.15, -0.1) is 4.80 Å². The summed E-state index contributed by atoms with van der Waals surface area (Å²) < 4.78 is 22.7. The largest absolute Gasteiger partial charge is 0.263 e. The van der Waals surface area contributed by atoms with Crippen LogP contribution >= 0.6 is 10.7 Å². The van der Waals surface area contributed by atoms with Crippen LogP contribution in [0.2, 0.25) is 0 Å². The van der Waals surface area contributed by atoms with Gasteiger partial charge in [0.2, 0.25) is 0 Å². The maximum absolute atomic E-state index is 11.3. The normalized spacial score (nSPS) is 11.6. The fourth-order valence-electron chi connectivity index (χ4n) is 1.28. The van der Waals surface area contributed by atoms with Crippen molar-refractivity contribution in [1.82, 2.24) is 15.0 Å². The molecule has 0 aliphatic heterocycles. The fraction of sp³-hybridized carbons (Fsp3) is 0.111. The zero-order valence-electron chi connectivity index (χ0n) is 8.33. The molecule has 0 saturated heterocycles. The smallest absolute Gasteiger partial charge is 0.207 e. The SMILES string of the molecule is Cc1cnn(-c2ccccc2S(=O)(=O)Cl)n1. The highest BCUT2D eigenvalue weighted by atomic mass is 35.7. The average Bonchev–Trinajstić information content (AvgIpc) is 2.64. The summed E-state index contributed by atoms with van der Waals surface area (Å²) in [7, 11) is 1.52. The van der Waals surface area contributed by atoms with E-state index >= 15 is 0 Å². The van der Waals surface area contributed by atoms with Crippen molar-refractivity contribution in [2.75, 3.05) is 0 Å². The first kappa shape index (κ1) is 11.1. The summed E-state index contributed by atoms with van der Waals surface area (Å²) in [4.78, 5) is 1.23. The van der Waals surface area contributed by atoms with Crippen molar-refractivity contribution in [3.8, 4) is 5.69 Å². The first-order valence-electron chi connectivity index (χ1n) is 4.41. The molecule has 0 spiro atoms.